The van der Waals surface area contributed by atoms with Crippen LogP contribution in [0.2, 0.25) is 0 Å². The first kappa shape index (κ1) is 19.5. The second-order valence-corrected chi connectivity index (χ2v) is 7.11. The number of nitrogens with zero attached hydrogens (tertiary/aromatic N) is 3. The molecule has 0 saturated carbocycles. The first-order valence-electron chi connectivity index (χ1n) is 10.0. The van der Waals surface area contributed by atoms with Crippen molar-refractivity contribution in [3.05, 3.63) is 120 Å². The van der Waals surface area contributed by atoms with Crippen molar-refractivity contribution in [1.29, 1.82) is 0 Å². The molecule has 0 fully saturated rings. The number of carbonyl (C=O) groups excluding carboxylic acids is 1. The van der Waals surface area contributed by atoms with Gasteiger partial charge in [0.25, 0.3) is 5.91 Å². The Kier molecular flexibility index (Phi) is 6.25. The highest BCUT2D eigenvalue weighted by Gasteiger charge is 2.17. The van der Waals surface area contributed by atoms with E-state index in [4.69, 9.17) is 0 Å². The summed E-state index contributed by atoms with van der Waals surface area (Å²) in [5.74, 6) is 0.556. The molecule has 0 N–H and O–H groups in total. The van der Waals surface area contributed by atoms with Crippen molar-refractivity contribution in [2.75, 3.05) is 6.54 Å². The number of hydrogen-bond acceptors (Lipinski definition) is 3. The summed E-state index contributed by atoms with van der Waals surface area (Å²) in [6.45, 7) is 1.17. The second kappa shape index (κ2) is 9.61. The summed E-state index contributed by atoms with van der Waals surface area (Å²) in [4.78, 5) is 24.0. The Bertz CT molecular complexity index is 1070. The van der Waals surface area contributed by atoms with E-state index in [1.54, 1.807) is 12.4 Å². The molecule has 0 radical (unpaired) electrons. The number of hydrogen-bond donors (Lipinski definition) is 0. The van der Waals surface area contributed by atoms with Gasteiger partial charge < -0.3 is 4.90 Å². The minimum absolute atomic E-state index is 0.0607. The monoisotopic (exact) mass is 393 g/mol. The topological polar surface area (TPSA) is 46.1 Å². The van der Waals surface area contributed by atoms with Crippen LogP contribution in [0.3, 0.4) is 0 Å². The van der Waals surface area contributed by atoms with Crippen molar-refractivity contribution < 1.29 is 4.79 Å². The summed E-state index contributed by atoms with van der Waals surface area (Å²) in [5.41, 5.74) is 3.74. The average Bonchev–Trinajstić information content (AvgIpc) is 2.83. The molecule has 4 aromatic rings. The summed E-state index contributed by atoms with van der Waals surface area (Å²) in [7, 11) is 0. The molecule has 0 bridgehead atoms. The van der Waals surface area contributed by atoms with E-state index in [2.05, 4.69) is 22.1 Å². The maximum absolute atomic E-state index is 13.3. The van der Waals surface area contributed by atoms with Crippen molar-refractivity contribution in [2.24, 2.45) is 0 Å². The average molecular weight is 393 g/mol. The summed E-state index contributed by atoms with van der Waals surface area (Å²) in [5, 5.41) is 0. The first-order valence-corrected chi connectivity index (χ1v) is 10.0. The molecule has 1 amide bonds. The number of rotatable bonds is 7. The lowest BCUT2D eigenvalue weighted by atomic mass is 10.1. The van der Waals surface area contributed by atoms with Crippen molar-refractivity contribution in [3.8, 4) is 11.4 Å². The van der Waals surface area contributed by atoms with Crippen LogP contribution in [-0.4, -0.2) is 27.3 Å². The summed E-state index contributed by atoms with van der Waals surface area (Å²) >= 11 is 0. The normalized spacial score (nSPS) is 10.5. The SMILES string of the molecule is O=C(c1cnc(-c2ccccc2)nc1)N(CCc1ccccc1)Cc1ccccc1. The summed E-state index contributed by atoms with van der Waals surface area (Å²) < 4.78 is 0. The fourth-order valence-electron chi connectivity index (χ4n) is 3.32. The van der Waals surface area contributed by atoms with Crippen LogP contribution in [0.4, 0.5) is 0 Å². The fourth-order valence-corrected chi connectivity index (χ4v) is 3.32. The van der Waals surface area contributed by atoms with E-state index >= 15 is 0 Å². The maximum atomic E-state index is 13.3. The van der Waals surface area contributed by atoms with Crippen molar-refractivity contribution >= 4 is 5.91 Å². The van der Waals surface area contributed by atoms with E-state index in [0.717, 1.165) is 17.5 Å². The predicted octanol–water partition coefficient (Wildman–Crippen LogP) is 5.03. The molecule has 0 aliphatic carbocycles. The molecule has 0 saturated heterocycles. The van der Waals surface area contributed by atoms with Gasteiger partial charge in [0.1, 0.15) is 0 Å². The third-order valence-electron chi connectivity index (χ3n) is 4.95. The first-order chi connectivity index (χ1) is 14.8. The molecule has 4 heteroatoms. The van der Waals surface area contributed by atoms with Gasteiger partial charge in [-0.2, -0.15) is 0 Å². The van der Waals surface area contributed by atoms with Gasteiger partial charge in [0.2, 0.25) is 0 Å². The summed E-state index contributed by atoms with van der Waals surface area (Å²) in [6, 6.07) is 30.0. The highest BCUT2D eigenvalue weighted by Crippen LogP contribution is 2.15. The molecule has 30 heavy (non-hydrogen) atoms. The Morgan fingerprint density at radius 1 is 0.700 bits per heavy atom. The Morgan fingerprint density at radius 2 is 1.23 bits per heavy atom. The molecule has 0 aliphatic heterocycles. The number of aromatic nitrogens is 2. The van der Waals surface area contributed by atoms with E-state index in [9.17, 15) is 4.79 Å². The van der Waals surface area contributed by atoms with E-state index in [1.807, 2.05) is 83.8 Å². The fraction of sp³-hybridized carbons (Fsp3) is 0.115. The van der Waals surface area contributed by atoms with Gasteiger partial charge in [0.15, 0.2) is 5.82 Å². The largest absolute Gasteiger partial charge is 0.334 e. The third kappa shape index (κ3) is 4.97. The molecule has 4 rings (SSSR count). The van der Waals surface area contributed by atoms with E-state index < -0.39 is 0 Å². The smallest absolute Gasteiger partial charge is 0.257 e. The predicted molar refractivity (Wildman–Crippen MR) is 119 cm³/mol. The van der Waals surface area contributed by atoms with Gasteiger partial charge in [0.05, 0.1) is 5.56 Å². The van der Waals surface area contributed by atoms with E-state index in [1.165, 1.54) is 5.56 Å². The Morgan fingerprint density at radius 3 is 1.83 bits per heavy atom. The van der Waals surface area contributed by atoms with Crippen LogP contribution in [0.5, 0.6) is 0 Å². The van der Waals surface area contributed by atoms with Crippen LogP contribution in [0, 0.1) is 0 Å². The number of benzene rings is 3. The zero-order valence-electron chi connectivity index (χ0n) is 16.7. The highest BCUT2D eigenvalue weighted by molar-refractivity contribution is 5.93. The molecular formula is C26H23N3O. The zero-order valence-corrected chi connectivity index (χ0v) is 16.7. The lowest BCUT2D eigenvalue weighted by Crippen LogP contribution is -2.32. The highest BCUT2D eigenvalue weighted by atomic mass is 16.2. The van der Waals surface area contributed by atoms with Gasteiger partial charge in [-0.05, 0) is 17.5 Å². The second-order valence-electron chi connectivity index (χ2n) is 7.11. The zero-order chi connectivity index (χ0) is 20.6. The Labute approximate surface area is 176 Å². The van der Waals surface area contributed by atoms with Crippen LogP contribution in [0.1, 0.15) is 21.5 Å². The van der Waals surface area contributed by atoms with Crippen LogP contribution < -0.4 is 0 Å². The molecule has 4 nitrogen and oxygen atoms in total. The molecule has 148 valence electrons. The molecule has 0 spiro atoms. The molecule has 0 aliphatic rings. The quantitative estimate of drug-likeness (QED) is 0.442. The maximum Gasteiger partial charge on any atom is 0.257 e. The van der Waals surface area contributed by atoms with Gasteiger partial charge in [-0.25, -0.2) is 9.97 Å². The molecule has 0 unspecified atom stereocenters. The van der Waals surface area contributed by atoms with Gasteiger partial charge in [0, 0.05) is 31.0 Å². The molecule has 1 heterocycles. The number of carbonyl (C=O) groups is 1. The minimum atomic E-state index is -0.0607. The van der Waals surface area contributed by atoms with Gasteiger partial charge in [-0.15, -0.1) is 0 Å². The van der Waals surface area contributed by atoms with Crippen molar-refractivity contribution in [3.63, 3.8) is 0 Å². The standard InChI is InChI=1S/C26H23N3O/c30-26(24-18-27-25(28-19-24)23-14-8-3-9-15-23)29(20-22-12-6-2-7-13-22)17-16-21-10-4-1-5-11-21/h1-15,18-19H,16-17,20H2. The van der Waals surface area contributed by atoms with Crippen LogP contribution >= 0.6 is 0 Å². The molecule has 0 atom stereocenters. The lowest BCUT2D eigenvalue weighted by molar-refractivity contribution is 0.0744. The van der Waals surface area contributed by atoms with E-state index in [-0.39, 0.29) is 5.91 Å². The molecule has 1 aromatic heterocycles. The van der Waals surface area contributed by atoms with Crippen LogP contribution in [0.15, 0.2) is 103 Å². The molecular weight excluding hydrogens is 370 g/mol. The minimum Gasteiger partial charge on any atom is -0.334 e. The number of amides is 1. The lowest BCUT2D eigenvalue weighted by Gasteiger charge is -2.23. The van der Waals surface area contributed by atoms with Crippen LogP contribution in [-0.2, 0) is 13.0 Å². The molecule has 3 aromatic carbocycles. The van der Waals surface area contributed by atoms with E-state index in [0.29, 0.717) is 24.5 Å². The Hall–Kier alpha value is -3.79. The Balaban J connectivity index is 1.53. The van der Waals surface area contributed by atoms with Crippen molar-refractivity contribution in [2.45, 2.75) is 13.0 Å². The van der Waals surface area contributed by atoms with Gasteiger partial charge in [-0.3, -0.25) is 4.79 Å². The van der Waals surface area contributed by atoms with Crippen LogP contribution in [0.25, 0.3) is 11.4 Å². The summed E-state index contributed by atoms with van der Waals surface area (Å²) in [6.07, 6.45) is 4.04. The van der Waals surface area contributed by atoms with Crippen molar-refractivity contribution in [1.82, 2.24) is 14.9 Å². The van der Waals surface area contributed by atoms with Gasteiger partial charge >= 0.3 is 0 Å². The third-order valence-corrected chi connectivity index (χ3v) is 4.95. The van der Waals surface area contributed by atoms with Gasteiger partial charge in [-0.1, -0.05) is 91.0 Å².